The Kier molecular flexibility index (Phi) is 2.96. The lowest BCUT2D eigenvalue weighted by Gasteiger charge is -2.30. The van der Waals surface area contributed by atoms with E-state index in [1.54, 1.807) is 0 Å². The molecule has 0 radical (unpaired) electrons. The summed E-state index contributed by atoms with van der Waals surface area (Å²) in [6.45, 7) is 1.21. The van der Waals surface area contributed by atoms with E-state index in [0.29, 0.717) is 31.6 Å². The molecule has 3 nitrogen and oxygen atoms in total. The third-order valence-electron chi connectivity index (χ3n) is 4.09. The van der Waals surface area contributed by atoms with Crippen LogP contribution < -0.4 is 0 Å². The number of hydrogen-bond donors (Lipinski definition) is 1. The van der Waals surface area contributed by atoms with Gasteiger partial charge in [-0.3, -0.25) is 4.79 Å². The molecule has 0 amide bonds. The van der Waals surface area contributed by atoms with Gasteiger partial charge >= 0.3 is 0 Å². The van der Waals surface area contributed by atoms with Crippen molar-refractivity contribution >= 4 is 5.78 Å². The quantitative estimate of drug-likeness (QED) is 0.816. The molecule has 1 N–H and O–H groups in total. The fourth-order valence-electron chi connectivity index (χ4n) is 2.95. The molecule has 1 aromatic rings. The SMILES string of the molecule is O=C(c1ccc2c(c1)COC2)C1(O)CCCCC1. The number of ketones is 1. The predicted octanol–water partition coefficient (Wildman–Crippen LogP) is 2.59. The molecule has 0 atom stereocenters. The highest BCUT2D eigenvalue weighted by Crippen LogP contribution is 2.32. The lowest BCUT2D eigenvalue weighted by molar-refractivity contribution is 0.0116. The standard InChI is InChI=1S/C15H18O3/c16-14(15(17)6-2-1-3-7-15)11-4-5-12-9-18-10-13(12)8-11/h4-5,8,17H,1-3,6-7,9-10H2. The van der Waals surface area contributed by atoms with Crippen molar-refractivity contribution in [2.75, 3.05) is 0 Å². The third-order valence-corrected chi connectivity index (χ3v) is 4.09. The maximum Gasteiger partial charge on any atom is 0.194 e. The van der Waals surface area contributed by atoms with E-state index in [4.69, 9.17) is 4.74 Å². The molecule has 1 fully saturated rings. The molecule has 0 aromatic heterocycles. The summed E-state index contributed by atoms with van der Waals surface area (Å²) in [5.74, 6) is -0.114. The van der Waals surface area contributed by atoms with Crippen molar-refractivity contribution < 1.29 is 14.6 Å². The highest BCUT2D eigenvalue weighted by molar-refractivity contribution is 6.02. The number of ether oxygens (including phenoxy) is 1. The Bertz CT molecular complexity index is 473. The Labute approximate surface area is 107 Å². The normalized spacial score (nSPS) is 21.6. The Balaban J connectivity index is 1.88. The van der Waals surface area contributed by atoms with Crippen molar-refractivity contribution in [2.24, 2.45) is 0 Å². The number of benzene rings is 1. The number of rotatable bonds is 2. The summed E-state index contributed by atoms with van der Waals surface area (Å²) in [6, 6.07) is 5.65. The van der Waals surface area contributed by atoms with E-state index >= 15 is 0 Å². The van der Waals surface area contributed by atoms with Gasteiger partial charge in [0.15, 0.2) is 5.78 Å². The van der Waals surface area contributed by atoms with E-state index in [1.807, 2.05) is 18.2 Å². The molecule has 1 heterocycles. The molecule has 1 aliphatic heterocycles. The molecule has 96 valence electrons. The van der Waals surface area contributed by atoms with Crippen molar-refractivity contribution in [2.45, 2.75) is 50.9 Å². The lowest BCUT2D eigenvalue weighted by Crippen LogP contribution is -2.40. The first kappa shape index (κ1) is 11.9. The first-order chi connectivity index (χ1) is 8.69. The minimum absolute atomic E-state index is 0.114. The maximum absolute atomic E-state index is 12.4. The highest BCUT2D eigenvalue weighted by Gasteiger charge is 2.37. The topological polar surface area (TPSA) is 46.5 Å². The Morgan fingerprint density at radius 2 is 1.83 bits per heavy atom. The summed E-state index contributed by atoms with van der Waals surface area (Å²) in [7, 11) is 0. The summed E-state index contributed by atoms with van der Waals surface area (Å²) >= 11 is 0. The molecular formula is C15H18O3. The van der Waals surface area contributed by atoms with Crippen LogP contribution in [0.2, 0.25) is 0 Å². The number of hydrogen-bond acceptors (Lipinski definition) is 3. The first-order valence-corrected chi connectivity index (χ1v) is 6.66. The zero-order valence-corrected chi connectivity index (χ0v) is 10.4. The van der Waals surface area contributed by atoms with Crippen molar-refractivity contribution in [1.82, 2.24) is 0 Å². The van der Waals surface area contributed by atoms with E-state index in [2.05, 4.69) is 0 Å². The van der Waals surface area contributed by atoms with E-state index in [-0.39, 0.29) is 5.78 Å². The summed E-state index contributed by atoms with van der Waals surface area (Å²) in [5, 5.41) is 10.5. The van der Waals surface area contributed by atoms with Gasteiger partial charge in [-0.25, -0.2) is 0 Å². The molecule has 1 saturated carbocycles. The van der Waals surface area contributed by atoms with Gasteiger partial charge in [0.05, 0.1) is 13.2 Å². The molecule has 1 aliphatic carbocycles. The second-order valence-electron chi connectivity index (χ2n) is 5.40. The second-order valence-corrected chi connectivity index (χ2v) is 5.40. The monoisotopic (exact) mass is 246 g/mol. The Hall–Kier alpha value is -1.19. The van der Waals surface area contributed by atoms with Gasteiger partial charge in [0.2, 0.25) is 0 Å². The molecular weight excluding hydrogens is 228 g/mol. The zero-order chi connectivity index (χ0) is 12.6. The summed E-state index contributed by atoms with van der Waals surface area (Å²) in [6.07, 6.45) is 4.19. The fraction of sp³-hybridized carbons (Fsp3) is 0.533. The number of Topliss-reactive ketones (excluding diaryl/α,β-unsaturated/α-hetero) is 1. The third kappa shape index (κ3) is 1.98. The van der Waals surface area contributed by atoms with Crippen LogP contribution in [0.3, 0.4) is 0 Å². The van der Waals surface area contributed by atoms with Crippen LogP contribution in [0.15, 0.2) is 18.2 Å². The van der Waals surface area contributed by atoms with Gasteiger partial charge in [0.1, 0.15) is 5.60 Å². The van der Waals surface area contributed by atoms with Gasteiger partial charge in [0, 0.05) is 5.56 Å². The molecule has 0 spiro atoms. The Morgan fingerprint density at radius 3 is 2.61 bits per heavy atom. The van der Waals surface area contributed by atoms with Crippen LogP contribution in [0.25, 0.3) is 0 Å². The summed E-state index contributed by atoms with van der Waals surface area (Å²) in [4.78, 5) is 12.4. The van der Waals surface area contributed by atoms with Crippen LogP contribution in [0.5, 0.6) is 0 Å². The average Bonchev–Trinajstić information content (AvgIpc) is 2.86. The molecule has 2 aliphatic rings. The van der Waals surface area contributed by atoms with Gasteiger partial charge in [0.25, 0.3) is 0 Å². The molecule has 0 saturated heterocycles. The van der Waals surface area contributed by atoms with Crippen molar-refractivity contribution in [3.63, 3.8) is 0 Å². The van der Waals surface area contributed by atoms with E-state index in [0.717, 1.165) is 30.4 Å². The second kappa shape index (κ2) is 4.48. The molecule has 3 rings (SSSR count). The minimum Gasteiger partial charge on any atom is -0.382 e. The van der Waals surface area contributed by atoms with E-state index < -0.39 is 5.60 Å². The van der Waals surface area contributed by atoms with E-state index in [9.17, 15) is 9.90 Å². The van der Waals surface area contributed by atoms with Crippen LogP contribution in [0, 0.1) is 0 Å². The molecule has 1 aromatic carbocycles. The summed E-state index contributed by atoms with van der Waals surface area (Å²) < 4.78 is 5.35. The number of aliphatic hydroxyl groups is 1. The molecule has 18 heavy (non-hydrogen) atoms. The smallest absolute Gasteiger partial charge is 0.194 e. The van der Waals surface area contributed by atoms with Gasteiger partial charge in [-0.1, -0.05) is 31.4 Å². The first-order valence-electron chi connectivity index (χ1n) is 6.66. The minimum atomic E-state index is -1.13. The van der Waals surface area contributed by atoms with Crippen LogP contribution in [-0.2, 0) is 18.0 Å². The number of carbonyl (C=O) groups is 1. The van der Waals surface area contributed by atoms with Crippen LogP contribution in [-0.4, -0.2) is 16.5 Å². The molecule has 3 heteroatoms. The van der Waals surface area contributed by atoms with Gasteiger partial charge in [-0.2, -0.15) is 0 Å². The summed E-state index contributed by atoms with van der Waals surface area (Å²) in [5.41, 5.74) is 1.73. The van der Waals surface area contributed by atoms with Crippen molar-refractivity contribution in [3.05, 3.63) is 34.9 Å². The van der Waals surface area contributed by atoms with Crippen molar-refractivity contribution in [1.29, 1.82) is 0 Å². The van der Waals surface area contributed by atoms with E-state index in [1.165, 1.54) is 0 Å². The van der Waals surface area contributed by atoms with Gasteiger partial charge < -0.3 is 9.84 Å². The highest BCUT2D eigenvalue weighted by atomic mass is 16.5. The number of carbonyl (C=O) groups excluding carboxylic acids is 1. The molecule has 0 bridgehead atoms. The van der Waals surface area contributed by atoms with Crippen LogP contribution >= 0.6 is 0 Å². The fourth-order valence-corrected chi connectivity index (χ4v) is 2.95. The van der Waals surface area contributed by atoms with Crippen LogP contribution in [0.4, 0.5) is 0 Å². The van der Waals surface area contributed by atoms with Crippen molar-refractivity contribution in [3.8, 4) is 0 Å². The largest absolute Gasteiger partial charge is 0.382 e. The molecule has 0 unspecified atom stereocenters. The van der Waals surface area contributed by atoms with Crippen LogP contribution in [0.1, 0.15) is 53.6 Å². The average molecular weight is 246 g/mol. The lowest BCUT2D eigenvalue weighted by atomic mass is 9.79. The Morgan fingerprint density at radius 1 is 1.11 bits per heavy atom. The van der Waals surface area contributed by atoms with Gasteiger partial charge in [-0.15, -0.1) is 0 Å². The number of fused-ring (bicyclic) bond motifs is 1. The predicted molar refractivity (Wildman–Crippen MR) is 67.3 cm³/mol. The van der Waals surface area contributed by atoms with Gasteiger partial charge in [-0.05, 0) is 30.0 Å². The maximum atomic E-state index is 12.4. The zero-order valence-electron chi connectivity index (χ0n) is 10.4.